The quantitative estimate of drug-likeness (QED) is 0.172. The number of carbonyl (C=O) groups excluding carboxylic acids is 2. The summed E-state index contributed by atoms with van der Waals surface area (Å²) >= 11 is 18.7. The SMILES string of the molecule is CCOC(=O)c1c(NC(=S)NC(=O)CCCOc2ccc(Cl)cc2Cl)sc(C)c1-c1ccccc1. The summed E-state index contributed by atoms with van der Waals surface area (Å²) in [7, 11) is 0. The smallest absolute Gasteiger partial charge is 0.341 e. The number of thiocarbonyl (C=S) groups is 1. The van der Waals surface area contributed by atoms with E-state index in [4.69, 9.17) is 44.9 Å². The maximum absolute atomic E-state index is 12.8. The van der Waals surface area contributed by atoms with Crippen LogP contribution in [0.1, 0.15) is 35.0 Å². The van der Waals surface area contributed by atoms with Crippen LogP contribution in [0.15, 0.2) is 48.5 Å². The first-order chi connectivity index (χ1) is 16.8. The second-order valence-electron chi connectivity index (χ2n) is 7.35. The summed E-state index contributed by atoms with van der Waals surface area (Å²) < 4.78 is 10.9. The predicted octanol–water partition coefficient (Wildman–Crippen LogP) is 6.88. The Labute approximate surface area is 223 Å². The molecule has 2 N–H and O–H groups in total. The van der Waals surface area contributed by atoms with Crippen LogP contribution in [0.4, 0.5) is 5.00 Å². The lowest BCUT2D eigenvalue weighted by atomic mass is 10.0. The molecule has 6 nitrogen and oxygen atoms in total. The molecule has 0 aliphatic carbocycles. The van der Waals surface area contributed by atoms with Crippen LogP contribution < -0.4 is 15.4 Å². The molecule has 1 amide bonds. The minimum atomic E-state index is -0.453. The zero-order chi connectivity index (χ0) is 25.4. The number of thiophene rings is 1. The van der Waals surface area contributed by atoms with E-state index in [1.54, 1.807) is 25.1 Å². The Bertz CT molecular complexity index is 1220. The Morgan fingerprint density at radius 2 is 1.86 bits per heavy atom. The molecule has 1 heterocycles. The molecule has 0 aliphatic heterocycles. The van der Waals surface area contributed by atoms with Crippen molar-refractivity contribution >= 4 is 68.7 Å². The summed E-state index contributed by atoms with van der Waals surface area (Å²) in [5, 5.41) is 7.19. The Hall–Kier alpha value is -2.65. The van der Waals surface area contributed by atoms with Gasteiger partial charge in [0, 0.05) is 21.9 Å². The van der Waals surface area contributed by atoms with Gasteiger partial charge in [-0.3, -0.25) is 4.79 Å². The highest BCUT2D eigenvalue weighted by atomic mass is 35.5. The zero-order valence-electron chi connectivity index (χ0n) is 19.2. The molecule has 0 saturated heterocycles. The van der Waals surface area contributed by atoms with Crippen molar-refractivity contribution in [3.63, 3.8) is 0 Å². The van der Waals surface area contributed by atoms with E-state index in [9.17, 15) is 9.59 Å². The number of anilines is 1. The van der Waals surface area contributed by atoms with Crippen molar-refractivity contribution in [1.82, 2.24) is 5.32 Å². The molecule has 0 spiro atoms. The van der Waals surface area contributed by atoms with Crippen LogP contribution in [-0.4, -0.2) is 30.2 Å². The van der Waals surface area contributed by atoms with E-state index in [1.807, 2.05) is 37.3 Å². The van der Waals surface area contributed by atoms with E-state index in [1.165, 1.54) is 11.3 Å². The predicted molar refractivity (Wildman–Crippen MR) is 146 cm³/mol. The van der Waals surface area contributed by atoms with Gasteiger partial charge in [0.2, 0.25) is 5.91 Å². The second kappa shape index (κ2) is 12.9. The number of carbonyl (C=O) groups is 2. The summed E-state index contributed by atoms with van der Waals surface area (Å²) in [5.41, 5.74) is 2.07. The number of hydrogen-bond acceptors (Lipinski definition) is 6. The molecule has 0 unspecified atom stereocenters. The maximum atomic E-state index is 12.8. The molecule has 0 atom stereocenters. The van der Waals surface area contributed by atoms with Gasteiger partial charge in [0.15, 0.2) is 5.11 Å². The average Bonchev–Trinajstić information content (AvgIpc) is 3.13. The van der Waals surface area contributed by atoms with Crippen LogP contribution in [0.5, 0.6) is 5.75 Å². The second-order valence-corrected chi connectivity index (χ2v) is 9.83. The van der Waals surface area contributed by atoms with Gasteiger partial charge in [-0.25, -0.2) is 4.79 Å². The standard InChI is InChI=1S/C25H24Cl2N2O4S2/c1-3-32-24(31)22-21(16-8-5-4-6-9-16)15(2)35-23(22)29-25(34)28-20(30)10-7-13-33-19-12-11-17(26)14-18(19)27/h4-6,8-9,11-12,14H,3,7,10,13H2,1-2H3,(H2,28,29,30,34). The first kappa shape index (κ1) is 26.9. The van der Waals surface area contributed by atoms with Gasteiger partial charge >= 0.3 is 5.97 Å². The van der Waals surface area contributed by atoms with Gasteiger partial charge in [-0.2, -0.15) is 0 Å². The largest absolute Gasteiger partial charge is 0.492 e. The lowest BCUT2D eigenvalue weighted by Crippen LogP contribution is -2.34. The molecule has 0 saturated carbocycles. The van der Waals surface area contributed by atoms with Gasteiger partial charge in [0.25, 0.3) is 0 Å². The minimum absolute atomic E-state index is 0.100. The number of nitrogens with one attached hydrogen (secondary N) is 2. The van der Waals surface area contributed by atoms with Crippen molar-refractivity contribution in [1.29, 1.82) is 0 Å². The first-order valence-electron chi connectivity index (χ1n) is 10.8. The van der Waals surface area contributed by atoms with E-state index < -0.39 is 5.97 Å². The number of ether oxygens (including phenoxy) is 2. The number of amides is 1. The topological polar surface area (TPSA) is 76.7 Å². The molecule has 1 aromatic heterocycles. The monoisotopic (exact) mass is 550 g/mol. The normalized spacial score (nSPS) is 10.5. The summed E-state index contributed by atoms with van der Waals surface area (Å²) in [6, 6.07) is 14.5. The van der Waals surface area contributed by atoms with Crippen LogP contribution in [0.2, 0.25) is 10.0 Å². The van der Waals surface area contributed by atoms with E-state index in [0.717, 1.165) is 16.0 Å². The Kier molecular flexibility index (Phi) is 9.92. The molecule has 0 radical (unpaired) electrons. The third-order valence-corrected chi connectivity index (χ3v) is 6.56. The van der Waals surface area contributed by atoms with Gasteiger partial charge in [0.05, 0.1) is 18.2 Å². The third kappa shape index (κ3) is 7.41. The van der Waals surface area contributed by atoms with E-state index in [0.29, 0.717) is 39.4 Å². The fourth-order valence-electron chi connectivity index (χ4n) is 3.31. The maximum Gasteiger partial charge on any atom is 0.341 e. The molecular weight excluding hydrogens is 527 g/mol. The van der Waals surface area contributed by atoms with Crippen LogP contribution in [0.25, 0.3) is 11.1 Å². The zero-order valence-corrected chi connectivity index (χ0v) is 22.3. The van der Waals surface area contributed by atoms with E-state index >= 15 is 0 Å². The third-order valence-electron chi connectivity index (χ3n) is 4.81. The summed E-state index contributed by atoms with van der Waals surface area (Å²) in [4.78, 5) is 26.1. The minimum Gasteiger partial charge on any atom is -0.492 e. The van der Waals surface area contributed by atoms with Crippen molar-refractivity contribution in [3.8, 4) is 16.9 Å². The lowest BCUT2D eigenvalue weighted by Gasteiger charge is -2.12. The molecule has 35 heavy (non-hydrogen) atoms. The van der Waals surface area contributed by atoms with Gasteiger partial charge in [-0.15, -0.1) is 11.3 Å². The number of esters is 1. The number of aryl methyl sites for hydroxylation is 1. The van der Waals surface area contributed by atoms with Crippen LogP contribution in [0, 0.1) is 6.92 Å². The molecule has 3 aromatic rings. The molecule has 0 bridgehead atoms. The number of halogens is 2. The Morgan fingerprint density at radius 3 is 2.54 bits per heavy atom. The molecule has 2 aromatic carbocycles. The van der Waals surface area contributed by atoms with Crippen LogP contribution >= 0.6 is 46.8 Å². The summed E-state index contributed by atoms with van der Waals surface area (Å²) in [6.07, 6.45) is 0.647. The fraction of sp³-hybridized carbons (Fsp3) is 0.240. The number of hydrogen-bond donors (Lipinski definition) is 2. The summed E-state index contributed by atoms with van der Waals surface area (Å²) in [5.74, 6) is -0.227. The summed E-state index contributed by atoms with van der Waals surface area (Å²) in [6.45, 7) is 4.22. The van der Waals surface area contributed by atoms with Crippen LogP contribution in [-0.2, 0) is 9.53 Å². The van der Waals surface area contributed by atoms with Gasteiger partial charge in [0.1, 0.15) is 16.3 Å². The Morgan fingerprint density at radius 1 is 1.11 bits per heavy atom. The molecular formula is C25H24Cl2N2O4S2. The van der Waals surface area contributed by atoms with Crippen molar-refractivity contribution in [2.45, 2.75) is 26.7 Å². The number of rotatable bonds is 9. The lowest BCUT2D eigenvalue weighted by molar-refractivity contribution is -0.119. The van der Waals surface area contributed by atoms with E-state index in [2.05, 4.69) is 10.6 Å². The Balaban J connectivity index is 1.60. The van der Waals surface area contributed by atoms with Crippen molar-refractivity contribution in [2.75, 3.05) is 18.5 Å². The average molecular weight is 552 g/mol. The van der Waals surface area contributed by atoms with Crippen LogP contribution in [0.3, 0.4) is 0 Å². The van der Waals surface area contributed by atoms with Gasteiger partial charge in [-0.1, -0.05) is 53.5 Å². The van der Waals surface area contributed by atoms with Gasteiger partial charge in [-0.05, 0) is 56.2 Å². The highest BCUT2D eigenvalue weighted by Crippen LogP contribution is 2.40. The van der Waals surface area contributed by atoms with Crippen molar-refractivity contribution in [2.24, 2.45) is 0 Å². The van der Waals surface area contributed by atoms with Crippen molar-refractivity contribution in [3.05, 3.63) is 69.0 Å². The van der Waals surface area contributed by atoms with Crippen molar-refractivity contribution < 1.29 is 19.1 Å². The van der Waals surface area contributed by atoms with E-state index in [-0.39, 0.29) is 24.0 Å². The molecule has 0 fully saturated rings. The molecule has 3 rings (SSSR count). The molecule has 184 valence electrons. The number of benzene rings is 2. The fourth-order valence-corrected chi connectivity index (χ4v) is 5.13. The first-order valence-corrected chi connectivity index (χ1v) is 12.8. The highest BCUT2D eigenvalue weighted by molar-refractivity contribution is 7.80. The highest BCUT2D eigenvalue weighted by Gasteiger charge is 2.25. The van der Waals surface area contributed by atoms with Gasteiger partial charge < -0.3 is 20.1 Å². The molecule has 0 aliphatic rings. The molecule has 10 heteroatoms.